The van der Waals surface area contributed by atoms with E-state index in [2.05, 4.69) is 0 Å². The second kappa shape index (κ2) is 9.99. The highest BCUT2D eigenvalue weighted by Gasteiger charge is 2.30. The largest absolute Gasteiger partial charge is 0.444 e. The van der Waals surface area contributed by atoms with Crippen LogP contribution in [0, 0.1) is 0 Å². The molecule has 0 bridgehead atoms. The van der Waals surface area contributed by atoms with Crippen LogP contribution in [0.5, 0.6) is 0 Å². The fourth-order valence-electron chi connectivity index (χ4n) is 3.49. The zero-order chi connectivity index (χ0) is 23.4. The average Bonchev–Trinajstić information content (AvgIpc) is 2.78. The van der Waals surface area contributed by atoms with Crippen LogP contribution >= 0.6 is 0 Å². The van der Waals surface area contributed by atoms with Crippen LogP contribution < -0.4 is 4.72 Å². The maximum atomic E-state index is 12.5. The van der Waals surface area contributed by atoms with Gasteiger partial charge in [-0.2, -0.15) is 17.0 Å². The molecule has 1 heterocycles. The summed E-state index contributed by atoms with van der Waals surface area (Å²) in [4.78, 5) is 11.9. The third kappa shape index (κ3) is 5.85. The van der Waals surface area contributed by atoms with Crippen LogP contribution in [0.3, 0.4) is 0 Å². The van der Waals surface area contributed by atoms with Crippen LogP contribution in [-0.4, -0.2) is 58.7 Å². The molecule has 0 spiro atoms. The highest BCUT2D eigenvalue weighted by Crippen LogP contribution is 2.30. The number of hydrogen-bond acceptors (Lipinski definition) is 6. The van der Waals surface area contributed by atoms with Gasteiger partial charge in [-0.15, -0.1) is 0 Å². The van der Waals surface area contributed by atoms with Crippen LogP contribution in [0.1, 0.15) is 29.9 Å². The van der Waals surface area contributed by atoms with Gasteiger partial charge in [0, 0.05) is 27.2 Å². The quantitative estimate of drug-likeness (QED) is 0.649. The molecule has 0 aliphatic carbocycles. The Morgan fingerprint density at radius 1 is 1.00 bits per heavy atom. The lowest BCUT2D eigenvalue weighted by atomic mass is 9.90. The van der Waals surface area contributed by atoms with Crippen LogP contribution in [-0.2, 0) is 31.6 Å². The molecular formula is C21H27N3O6S2. The van der Waals surface area contributed by atoms with Gasteiger partial charge in [0.15, 0.2) is 0 Å². The van der Waals surface area contributed by atoms with E-state index in [0.717, 1.165) is 11.1 Å². The molecule has 32 heavy (non-hydrogen) atoms. The summed E-state index contributed by atoms with van der Waals surface area (Å²) in [5.74, 6) is 0.129. The summed E-state index contributed by atoms with van der Waals surface area (Å²) < 4.78 is 58.9. The van der Waals surface area contributed by atoms with Crippen molar-refractivity contribution in [2.24, 2.45) is 0 Å². The average molecular weight is 482 g/mol. The standard InChI is InChI=1S/C21H27N3O6S2/c1-23(2)32(28,29)24-14-12-19(13-15-24)18-8-10-20(11-9-18)31(26,27)22-21(25)30-16-17-6-4-3-5-7-17/h3-11,19H,12-16H2,1-2H3,(H,22,25). The fraction of sp³-hybridized carbons (Fsp3) is 0.381. The van der Waals surface area contributed by atoms with Crippen molar-refractivity contribution < 1.29 is 26.4 Å². The number of carbonyl (C=O) groups excluding carboxylic acids is 1. The maximum absolute atomic E-state index is 12.5. The first kappa shape index (κ1) is 24.2. The molecule has 1 fully saturated rings. The van der Waals surface area contributed by atoms with Crippen molar-refractivity contribution >= 4 is 26.3 Å². The molecule has 1 N–H and O–H groups in total. The number of rotatable bonds is 7. The summed E-state index contributed by atoms with van der Waals surface area (Å²) in [7, 11) is -4.49. The Bertz CT molecular complexity index is 1130. The molecule has 0 unspecified atom stereocenters. The Morgan fingerprint density at radius 2 is 1.59 bits per heavy atom. The third-order valence-corrected chi connectivity index (χ3v) is 8.60. The van der Waals surface area contributed by atoms with Crippen molar-refractivity contribution in [1.82, 2.24) is 13.3 Å². The van der Waals surface area contributed by atoms with Crippen LogP contribution in [0.15, 0.2) is 59.5 Å². The van der Waals surface area contributed by atoms with E-state index < -0.39 is 26.3 Å². The summed E-state index contributed by atoms with van der Waals surface area (Å²) in [6, 6.07) is 15.2. The molecule has 11 heteroatoms. The van der Waals surface area contributed by atoms with Gasteiger partial charge in [0.25, 0.3) is 20.2 Å². The van der Waals surface area contributed by atoms with E-state index in [1.54, 1.807) is 36.4 Å². The zero-order valence-corrected chi connectivity index (χ0v) is 19.6. The van der Waals surface area contributed by atoms with Crippen molar-refractivity contribution in [3.8, 4) is 0 Å². The molecule has 3 rings (SSSR count). The predicted molar refractivity (Wildman–Crippen MR) is 120 cm³/mol. The number of hydrogen-bond donors (Lipinski definition) is 1. The van der Waals surface area contributed by atoms with Gasteiger partial charge in [0.05, 0.1) is 4.90 Å². The minimum Gasteiger partial charge on any atom is -0.444 e. The molecule has 0 radical (unpaired) electrons. The van der Waals surface area contributed by atoms with Gasteiger partial charge in [0.1, 0.15) is 6.61 Å². The number of amides is 1. The van der Waals surface area contributed by atoms with E-state index in [-0.39, 0.29) is 17.4 Å². The monoisotopic (exact) mass is 481 g/mol. The number of nitrogens with zero attached hydrogens (tertiary/aromatic N) is 2. The van der Waals surface area contributed by atoms with E-state index in [0.29, 0.717) is 25.9 Å². The first-order valence-corrected chi connectivity index (χ1v) is 13.0. The van der Waals surface area contributed by atoms with Crippen LogP contribution in [0.25, 0.3) is 0 Å². The molecule has 1 saturated heterocycles. The molecule has 1 aliphatic rings. The number of nitrogens with one attached hydrogen (secondary N) is 1. The van der Waals surface area contributed by atoms with Crippen molar-refractivity contribution in [2.45, 2.75) is 30.3 Å². The van der Waals surface area contributed by atoms with Crippen molar-refractivity contribution in [2.75, 3.05) is 27.2 Å². The number of piperidine rings is 1. The van der Waals surface area contributed by atoms with Gasteiger partial charge < -0.3 is 4.74 Å². The summed E-state index contributed by atoms with van der Waals surface area (Å²) >= 11 is 0. The van der Waals surface area contributed by atoms with Crippen molar-refractivity contribution in [3.63, 3.8) is 0 Å². The van der Waals surface area contributed by atoms with E-state index in [9.17, 15) is 21.6 Å². The zero-order valence-electron chi connectivity index (χ0n) is 18.0. The molecule has 0 atom stereocenters. The van der Waals surface area contributed by atoms with E-state index >= 15 is 0 Å². The van der Waals surface area contributed by atoms with Gasteiger partial charge in [-0.1, -0.05) is 42.5 Å². The summed E-state index contributed by atoms with van der Waals surface area (Å²) in [6.07, 6.45) is 0.235. The van der Waals surface area contributed by atoms with Gasteiger partial charge in [0.2, 0.25) is 0 Å². The second-order valence-corrected chi connectivity index (χ2v) is 11.5. The lowest BCUT2D eigenvalue weighted by Crippen LogP contribution is -2.44. The fourth-order valence-corrected chi connectivity index (χ4v) is 5.52. The minimum absolute atomic E-state index is 0.0383. The number of sulfonamides is 1. The lowest BCUT2D eigenvalue weighted by molar-refractivity contribution is 0.146. The molecular weight excluding hydrogens is 454 g/mol. The number of benzene rings is 2. The summed E-state index contributed by atoms with van der Waals surface area (Å²) in [5, 5.41) is 0. The number of ether oxygens (including phenoxy) is 1. The smallest absolute Gasteiger partial charge is 0.421 e. The third-order valence-electron chi connectivity index (χ3n) is 5.33. The molecule has 2 aromatic rings. The second-order valence-electron chi connectivity index (χ2n) is 7.70. The topological polar surface area (TPSA) is 113 Å². The molecule has 0 saturated carbocycles. The minimum atomic E-state index is -4.07. The highest BCUT2D eigenvalue weighted by atomic mass is 32.2. The lowest BCUT2D eigenvalue weighted by Gasteiger charge is -2.33. The van der Waals surface area contributed by atoms with Crippen LogP contribution in [0.4, 0.5) is 4.79 Å². The Labute approximate surface area is 189 Å². The number of carbonyl (C=O) groups is 1. The van der Waals surface area contributed by atoms with Gasteiger partial charge in [-0.25, -0.2) is 17.9 Å². The molecule has 0 aromatic heterocycles. The predicted octanol–water partition coefficient (Wildman–Crippen LogP) is 2.29. The molecule has 1 amide bonds. The normalized spacial score (nSPS) is 16.1. The highest BCUT2D eigenvalue weighted by molar-refractivity contribution is 7.90. The summed E-state index contributed by atoms with van der Waals surface area (Å²) in [6.45, 7) is 0.767. The summed E-state index contributed by atoms with van der Waals surface area (Å²) in [5.41, 5.74) is 1.67. The molecule has 174 valence electrons. The van der Waals surface area contributed by atoms with Gasteiger partial charge in [-0.05, 0) is 42.0 Å². The van der Waals surface area contributed by atoms with E-state index in [1.807, 2.05) is 10.8 Å². The van der Waals surface area contributed by atoms with Crippen molar-refractivity contribution in [1.29, 1.82) is 0 Å². The Morgan fingerprint density at radius 3 is 2.16 bits per heavy atom. The Hall–Kier alpha value is -2.47. The Balaban J connectivity index is 1.57. The molecule has 9 nitrogen and oxygen atoms in total. The maximum Gasteiger partial charge on any atom is 0.421 e. The molecule has 1 aliphatic heterocycles. The van der Waals surface area contributed by atoms with Gasteiger partial charge >= 0.3 is 6.09 Å². The first-order chi connectivity index (χ1) is 15.1. The first-order valence-electron chi connectivity index (χ1n) is 10.1. The van der Waals surface area contributed by atoms with E-state index in [4.69, 9.17) is 4.74 Å². The van der Waals surface area contributed by atoms with Gasteiger partial charge in [-0.3, -0.25) is 0 Å². The van der Waals surface area contributed by atoms with E-state index in [1.165, 1.54) is 34.8 Å². The van der Waals surface area contributed by atoms with Crippen LogP contribution in [0.2, 0.25) is 0 Å². The molecule has 2 aromatic carbocycles. The Kier molecular flexibility index (Phi) is 7.55. The van der Waals surface area contributed by atoms with Crippen molar-refractivity contribution in [3.05, 3.63) is 65.7 Å². The SMILES string of the molecule is CN(C)S(=O)(=O)N1CCC(c2ccc(S(=O)(=O)NC(=O)OCc3ccccc3)cc2)CC1.